The van der Waals surface area contributed by atoms with Crippen LogP contribution in [0.15, 0.2) is 73.4 Å². The van der Waals surface area contributed by atoms with Gasteiger partial charge in [0, 0.05) is 36.5 Å². The summed E-state index contributed by atoms with van der Waals surface area (Å²) in [6, 6.07) is 13.8. The Hall–Kier alpha value is -3.45. The molecule has 0 spiro atoms. The molecule has 0 amide bonds. The van der Waals surface area contributed by atoms with Crippen LogP contribution >= 0.6 is 11.3 Å². The van der Waals surface area contributed by atoms with Crippen LogP contribution in [0.2, 0.25) is 0 Å². The first kappa shape index (κ1) is 14.9. The molecule has 124 valence electrons. The highest BCUT2D eigenvalue weighted by atomic mass is 32.1. The molecule has 26 heavy (non-hydrogen) atoms. The maximum atomic E-state index is 4.70. The van der Waals surface area contributed by atoms with E-state index in [-0.39, 0.29) is 0 Å². The number of thiazole rings is 1. The van der Waals surface area contributed by atoms with Crippen LogP contribution in [-0.4, -0.2) is 29.7 Å². The van der Waals surface area contributed by atoms with Crippen molar-refractivity contribution in [1.82, 2.24) is 29.7 Å². The Labute approximate surface area is 152 Å². The predicted molar refractivity (Wildman–Crippen MR) is 101 cm³/mol. The van der Waals surface area contributed by atoms with Crippen LogP contribution in [0.1, 0.15) is 0 Å². The molecule has 1 aromatic carbocycles. The van der Waals surface area contributed by atoms with Gasteiger partial charge in [-0.25, -0.2) is 19.6 Å². The molecule has 0 atom stereocenters. The van der Waals surface area contributed by atoms with Crippen LogP contribution in [0.25, 0.3) is 38.0 Å². The van der Waals surface area contributed by atoms with Crippen molar-refractivity contribution in [1.29, 1.82) is 0 Å². The first-order valence-corrected chi connectivity index (χ1v) is 8.83. The molecule has 4 aromatic heterocycles. The van der Waals surface area contributed by atoms with E-state index in [2.05, 4.69) is 26.1 Å². The van der Waals surface area contributed by atoms with Gasteiger partial charge in [-0.15, -0.1) is 11.3 Å². The Morgan fingerprint density at radius 2 is 1.85 bits per heavy atom. The van der Waals surface area contributed by atoms with Gasteiger partial charge in [-0.3, -0.25) is 4.98 Å². The molecule has 0 N–H and O–H groups in total. The lowest BCUT2D eigenvalue weighted by Gasteiger charge is -2.00. The Morgan fingerprint density at radius 3 is 2.69 bits per heavy atom. The summed E-state index contributed by atoms with van der Waals surface area (Å²) in [7, 11) is 0. The van der Waals surface area contributed by atoms with E-state index in [1.165, 1.54) is 0 Å². The van der Waals surface area contributed by atoms with Crippen molar-refractivity contribution in [2.24, 2.45) is 0 Å². The summed E-state index contributed by atoms with van der Waals surface area (Å²) in [5.74, 6) is 0.615. The Bertz CT molecular complexity index is 1180. The van der Waals surface area contributed by atoms with Crippen molar-refractivity contribution in [3.05, 3.63) is 73.4 Å². The fourth-order valence-corrected chi connectivity index (χ4v) is 3.68. The molecule has 5 aromatic rings. The van der Waals surface area contributed by atoms with Crippen LogP contribution in [0.3, 0.4) is 0 Å². The van der Waals surface area contributed by atoms with Crippen LogP contribution in [0.4, 0.5) is 0 Å². The van der Waals surface area contributed by atoms with Gasteiger partial charge in [0.15, 0.2) is 5.82 Å². The second-order valence-corrected chi connectivity index (χ2v) is 6.66. The smallest absolute Gasteiger partial charge is 0.180 e. The van der Waals surface area contributed by atoms with Crippen LogP contribution in [0, 0.1) is 0 Å². The monoisotopic (exact) mass is 356 g/mol. The molecule has 0 aliphatic carbocycles. The summed E-state index contributed by atoms with van der Waals surface area (Å²) in [6.07, 6.45) is 8.93. The number of aromatic nitrogens is 6. The average molecular weight is 356 g/mol. The molecule has 0 fully saturated rings. The molecule has 0 saturated carbocycles. The van der Waals surface area contributed by atoms with Crippen molar-refractivity contribution in [3.8, 4) is 27.8 Å². The standard InChI is InChI=1S/C19H12N6S/c1-3-13(12-20-7-1)19-23-15-5-4-14(11-17(15)26-19)25-10-6-16(24-25)18-21-8-2-9-22-18/h1-12H. The largest absolute Gasteiger partial charge is 0.264 e. The van der Waals surface area contributed by atoms with E-state index in [1.807, 2.05) is 47.4 Å². The molecule has 6 nitrogen and oxygen atoms in total. The Morgan fingerprint density at radius 1 is 0.923 bits per heavy atom. The number of hydrogen-bond acceptors (Lipinski definition) is 6. The molecular formula is C19H12N6S. The van der Waals surface area contributed by atoms with E-state index >= 15 is 0 Å². The second kappa shape index (κ2) is 6.12. The fraction of sp³-hybridized carbons (Fsp3) is 0. The SMILES string of the molecule is c1cnc(-c2ccn(-c3ccc4nc(-c5cccnc5)sc4c3)n2)nc1. The lowest BCUT2D eigenvalue weighted by Crippen LogP contribution is -1.95. The van der Waals surface area contributed by atoms with Crippen molar-refractivity contribution < 1.29 is 0 Å². The summed E-state index contributed by atoms with van der Waals surface area (Å²) in [5.41, 5.74) is 3.71. The molecule has 7 heteroatoms. The second-order valence-electron chi connectivity index (χ2n) is 5.63. The molecule has 0 aliphatic heterocycles. The van der Waals surface area contributed by atoms with Gasteiger partial charge in [0.2, 0.25) is 0 Å². The third-order valence-electron chi connectivity index (χ3n) is 3.93. The van der Waals surface area contributed by atoms with E-state index < -0.39 is 0 Å². The number of hydrogen-bond donors (Lipinski definition) is 0. The number of rotatable bonds is 3. The molecule has 0 radical (unpaired) electrons. The van der Waals surface area contributed by atoms with Gasteiger partial charge in [-0.2, -0.15) is 5.10 Å². The van der Waals surface area contributed by atoms with E-state index in [4.69, 9.17) is 4.98 Å². The van der Waals surface area contributed by atoms with Gasteiger partial charge in [-0.1, -0.05) is 0 Å². The minimum atomic E-state index is 0.615. The molecule has 0 unspecified atom stereocenters. The predicted octanol–water partition coefficient (Wildman–Crippen LogP) is 4.00. The van der Waals surface area contributed by atoms with Crippen molar-refractivity contribution in [2.45, 2.75) is 0 Å². The zero-order valence-corrected chi connectivity index (χ0v) is 14.3. The highest BCUT2D eigenvalue weighted by Gasteiger charge is 2.10. The number of fused-ring (bicyclic) bond motifs is 1. The van der Waals surface area contributed by atoms with E-state index in [0.717, 1.165) is 32.2 Å². The molecule has 0 aliphatic rings. The summed E-state index contributed by atoms with van der Waals surface area (Å²) < 4.78 is 2.93. The van der Waals surface area contributed by atoms with Gasteiger partial charge in [0.05, 0.1) is 15.9 Å². The van der Waals surface area contributed by atoms with Crippen LogP contribution in [-0.2, 0) is 0 Å². The Balaban J connectivity index is 1.53. The van der Waals surface area contributed by atoms with Crippen LogP contribution < -0.4 is 0 Å². The van der Waals surface area contributed by atoms with Gasteiger partial charge >= 0.3 is 0 Å². The minimum absolute atomic E-state index is 0.615. The average Bonchev–Trinajstić information content (AvgIpc) is 3.36. The lowest BCUT2D eigenvalue weighted by atomic mass is 10.3. The molecule has 4 heterocycles. The number of nitrogens with zero attached hydrogens (tertiary/aromatic N) is 6. The lowest BCUT2D eigenvalue weighted by molar-refractivity contribution is 0.881. The third-order valence-corrected chi connectivity index (χ3v) is 5.00. The van der Waals surface area contributed by atoms with Gasteiger partial charge in [0.25, 0.3) is 0 Å². The quantitative estimate of drug-likeness (QED) is 0.489. The third kappa shape index (κ3) is 2.64. The molecular weight excluding hydrogens is 344 g/mol. The highest BCUT2D eigenvalue weighted by molar-refractivity contribution is 7.21. The molecule has 0 saturated heterocycles. The van der Waals surface area contributed by atoms with E-state index in [0.29, 0.717) is 5.82 Å². The zero-order valence-electron chi connectivity index (χ0n) is 13.5. The van der Waals surface area contributed by atoms with Crippen molar-refractivity contribution in [3.63, 3.8) is 0 Å². The maximum absolute atomic E-state index is 4.70. The van der Waals surface area contributed by atoms with Gasteiger partial charge in [0.1, 0.15) is 10.7 Å². The topological polar surface area (TPSA) is 69.4 Å². The summed E-state index contributed by atoms with van der Waals surface area (Å²) >= 11 is 1.65. The summed E-state index contributed by atoms with van der Waals surface area (Å²) in [6.45, 7) is 0. The van der Waals surface area contributed by atoms with Crippen molar-refractivity contribution >= 4 is 21.6 Å². The van der Waals surface area contributed by atoms with Gasteiger partial charge < -0.3 is 0 Å². The van der Waals surface area contributed by atoms with E-state index in [1.54, 1.807) is 36.0 Å². The first-order valence-electron chi connectivity index (χ1n) is 8.01. The highest BCUT2D eigenvalue weighted by Crippen LogP contribution is 2.31. The van der Waals surface area contributed by atoms with Crippen molar-refractivity contribution in [2.75, 3.05) is 0 Å². The summed E-state index contributed by atoms with van der Waals surface area (Å²) in [5, 5.41) is 5.55. The van der Waals surface area contributed by atoms with Crippen LogP contribution in [0.5, 0.6) is 0 Å². The first-order chi connectivity index (χ1) is 12.9. The zero-order chi connectivity index (χ0) is 17.3. The van der Waals surface area contributed by atoms with E-state index in [9.17, 15) is 0 Å². The molecule has 5 rings (SSSR count). The summed E-state index contributed by atoms with van der Waals surface area (Å²) in [4.78, 5) is 17.4. The normalized spacial score (nSPS) is 11.1. The Kier molecular flexibility index (Phi) is 3.50. The molecule has 0 bridgehead atoms. The fourth-order valence-electron chi connectivity index (χ4n) is 2.69. The number of benzene rings is 1. The van der Waals surface area contributed by atoms with Gasteiger partial charge in [-0.05, 0) is 42.5 Å². The maximum Gasteiger partial charge on any atom is 0.180 e. The minimum Gasteiger partial charge on any atom is -0.264 e. The number of pyridine rings is 1.